The fourth-order valence-corrected chi connectivity index (χ4v) is 2.31. The molecule has 6 nitrogen and oxygen atoms in total. The summed E-state index contributed by atoms with van der Waals surface area (Å²) in [6.07, 6.45) is 1.65. The Morgan fingerprint density at radius 2 is 1.76 bits per heavy atom. The lowest BCUT2D eigenvalue weighted by Crippen LogP contribution is -2.20. The molecule has 0 aliphatic heterocycles. The number of nitrogens with one attached hydrogen (secondary N) is 2. The first kappa shape index (κ1) is 18.7. The molecule has 130 valence electrons. The Kier molecular flexibility index (Phi) is 7.16. The second kappa shape index (κ2) is 9.58. The number of methoxy groups -OCH3 is 1. The Labute approximate surface area is 154 Å². The third kappa shape index (κ3) is 6.39. The summed E-state index contributed by atoms with van der Waals surface area (Å²) in [6, 6.07) is 14.5. The van der Waals surface area contributed by atoms with E-state index in [2.05, 4.69) is 31.8 Å². The van der Waals surface area contributed by atoms with Crippen molar-refractivity contribution in [1.29, 1.82) is 0 Å². The van der Waals surface area contributed by atoms with Crippen LogP contribution in [-0.2, 0) is 9.59 Å². The van der Waals surface area contributed by atoms with E-state index in [0.29, 0.717) is 5.69 Å². The van der Waals surface area contributed by atoms with Crippen molar-refractivity contribution in [3.05, 3.63) is 58.6 Å². The SMILES string of the molecule is COc1ccc(/C=N/NC(=O)CCC(=O)Nc2ccccc2Br)cc1. The maximum atomic E-state index is 11.9. The second-order valence-corrected chi connectivity index (χ2v) is 5.95. The minimum absolute atomic E-state index is 0.0518. The summed E-state index contributed by atoms with van der Waals surface area (Å²) < 4.78 is 5.85. The van der Waals surface area contributed by atoms with E-state index in [9.17, 15) is 9.59 Å². The lowest BCUT2D eigenvalue weighted by Gasteiger charge is -2.06. The van der Waals surface area contributed by atoms with Crippen LogP contribution in [-0.4, -0.2) is 25.1 Å². The number of halogens is 1. The number of rotatable bonds is 7. The smallest absolute Gasteiger partial charge is 0.240 e. The van der Waals surface area contributed by atoms with Crippen molar-refractivity contribution in [3.8, 4) is 5.75 Å². The van der Waals surface area contributed by atoms with Crippen LogP contribution in [0.2, 0.25) is 0 Å². The fraction of sp³-hybridized carbons (Fsp3) is 0.167. The average molecular weight is 404 g/mol. The molecule has 0 unspecified atom stereocenters. The average Bonchev–Trinajstić information content (AvgIpc) is 2.62. The van der Waals surface area contributed by atoms with Crippen molar-refractivity contribution in [2.24, 2.45) is 5.10 Å². The largest absolute Gasteiger partial charge is 0.497 e. The van der Waals surface area contributed by atoms with E-state index in [1.54, 1.807) is 25.3 Å². The van der Waals surface area contributed by atoms with Crippen molar-refractivity contribution >= 4 is 39.6 Å². The van der Waals surface area contributed by atoms with E-state index in [4.69, 9.17) is 4.74 Å². The lowest BCUT2D eigenvalue weighted by atomic mass is 10.2. The number of para-hydroxylation sites is 1. The molecule has 2 rings (SSSR count). The number of hydrazone groups is 1. The van der Waals surface area contributed by atoms with Gasteiger partial charge in [0.15, 0.2) is 0 Å². The monoisotopic (exact) mass is 403 g/mol. The molecule has 0 saturated carbocycles. The van der Waals surface area contributed by atoms with Crippen molar-refractivity contribution in [2.45, 2.75) is 12.8 Å². The summed E-state index contributed by atoms with van der Waals surface area (Å²) in [5, 5.41) is 6.61. The number of amides is 2. The molecule has 2 N–H and O–H groups in total. The molecule has 0 aliphatic carbocycles. The van der Waals surface area contributed by atoms with Crippen molar-refractivity contribution in [1.82, 2.24) is 5.43 Å². The van der Waals surface area contributed by atoms with Gasteiger partial charge in [0.1, 0.15) is 5.75 Å². The highest BCUT2D eigenvalue weighted by atomic mass is 79.9. The van der Waals surface area contributed by atoms with Crippen LogP contribution in [0.25, 0.3) is 0 Å². The number of carbonyl (C=O) groups excluding carboxylic acids is 2. The molecular weight excluding hydrogens is 386 g/mol. The van der Waals surface area contributed by atoms with Gasteiger partial charge in [-0.1, -0.05) is 12.1 Å². The van der Waals surface area contributed by atoms with Crippen molar-refractivity contribution < 1.29 is 14.3 Å². The first-order chi connectivity index (χ1) is 12.1. The number of carbonyl (C=O) groups is 2. The molecule has 0 atom stereocenters. The van der Waals surface area contributed by atoms with E-state index < -0.39 is 0 Å². The van der Waals surface area contributed by atoms with Crippen LogP contribution >= 0.6 is 15.9 Å². The van der Waals surface area contributed by atoms with Gasteiger partial charge in [0, 0.05) is 17.3 Å². The van der Waals surface area contributed by atoms with E-state index in [1.807, 2.05) is 30.3 Å². The molecule has 0 heterocycles. The third-order valence-electron chi connectivity index (χ3n) is 3.25. The van der Waals surface area contributed by atoms with Crippen LogP contribution < -0.4 is 15.5 Å². The summed E-state index contributed by atoms with van der Waals surface area (Å²) in [5.41, 5.74) is 3.90. The maximum absolute atomic E-state index is 11.9. The standard InChI is InChI=1S/C18H18BrN3O3/c1-25-14-8-6-13(7-9-14)12-20-22-18(24)11-10-17(23)21-16-5-3-2-4-15(16)19/h2-9,12H,10-11H2,1H3,(H,21,23)(H,22,24)/b20-12+. The van der Waals surface area contributed by atoms with Crippen LogP contribution in [0, 0.1) is 0 Å². The molecule has 0 spiro atoms. The van der Waals surface area contributed by atoms with Gasteiger partial charge in [-0.15, -0.1) is 0 Å². The summed E-state index contributed by atoms with van der Waals surface area (Å²) in [6.45, 7) is 0. The van der Waals surface area contributed by atoms with Crippen LogP contribution in [0.5, 0.6) is 5.75 Å². The molecule has 0 bridgehead atoms. The van der Waals surface area contributed by atoms with Crippen LogP contribution in [0.4, 0.5) is 5.69 Å². The summed E-state index contributed by atoms with van der Waals surface area (Å²) in [5.74, 6) is 0.186. The van der Waals surface area contributed by atoms with Crippen LogP contribution in [0.15, 0.2) is 58.1 Å². The van der Waals surface area contributed by atoms with Gasteiger partial charge in [-0.3, -0.25) is 9.59 Å². The Hall–Kier alpha value is -2.67. The summed E-state index contributed by atoms with van der Waals surface area (Å²) in [4.78, 5) is 23.6. The van der Waals surface area contributed by atoms with E-state index in [0.717, 1.165) is 15.8 Å². The van der Waals surface area contributed by atoms with Crippen LogP contribution in [0.3, 0.4) is 0 Å². The number of hydrogen-bond donors (Lipinski definition) is 2. The highest BCUT2D eigenvalue weighted by Crippen LogP contribution is 2.21. The van der Waals surface area contributed by atoms with Crippen LogP contribution in [0.1, 0.15) is 18.4 Å². The zero-order chi connectivity index (χ0) is 18.1. The minimum atomic E-state index is -0.327. The third-order valence-corrected chi connectivity index (χ3v) is 3.94. The van der Waals surface area contributed by atoms with Gasteiger partial charge >= 0.3 is 0 Å². The van der Waals surface area contributed by atoms with E-state index in [1.165, 1.54) is 6.21 Å². The summed E-state index contributed by atoms with van der Waals surface area (Å²) in [7, 11) is 1.59. The van der Waals surface area contributed by atoms with E-state index in [-0.39, 0.29) is 24.7 Å². The molecule has 0 aromatic heterocycles. The molecule has 2 amide bonds. The molecule has 0 aliphatic rings. The van der Waals surface area contributed by atoms with E-state index >= 15 is 0 Å². The maximum Gasteiger partial charge on any atom is 0.240 e. The highest BCUT2D eigenvalue weighted by molar-refractivity contribution is 9.10. The molecule has 0 radical (unpaired) electrons. The van der Waals surface area contributed by atoms with Gasteiger partial charge in [0.05, 0.1) is 19.0 Å². The quantitative estimate of drug-likeness (QED) is 0.549. The minimum Gasteiger partial charge on any atom is -0.497 e. The normalized spacial score (nSPS) is 10.5. The highest BCUT2D eigenvalue weighted by Gasteiger charge is 2.08. The van der Waals surface area contributed by atoms with Crippen molar-refractivity contribution in [2.75, 3.05) is 12.4 Å². The predicted octanol–water partition coefficient (Wildman–Crippen LogP) is 3.33. The molecule has 0 saturated heterocycles. The number of anilines is 1. The van der Waals surface area contributed by atoms with Gasteiger partial charge in [0.25, 0.3) is 0 Å². The zero-order valence-electron chi connectivity index (χ0n) is 13.7. The second-order valence-electron chi connectivity index (χ2n) is 5.09. The van der Waals surface area contributed by atoms with Gasteiger partial charge in [-0.25, -0.2) is 5.43 Å². The van der Waals surface area contributed by atoms with Crippen molar-refractivity contribution in [3.63, 3.8) is 0 Å². The molecule has 0 fully saturated rings. The predicted molar refractivity (Wildman–Crippen MR) is 101 cm³/mol. The summed E-state index contributed by atoms with van der Waals surface area (Å²) >= 11 is 3.35. The topological polar surface area (TPSA) is 79.8 Å². The van der Waals surface area contributed by atoms with Gasteiger partial charge in [-0.05, 0) is 57.9 Å². The van der Waals surface area contributed by atoms with Gasteiger partial charge in [-0.2, -0.15) is 5.10 Å². The fourth-order valence-electron chi connectivity index (χ4n) is 1.93. The Morgan fingerprint density at radius 3 is 2.44 bits per heavy atom. The Bertz CT molecular complexity index is 760. The van der Waals surface area contributed by atoms with Gasteiger partial charge < -0.3 is 10.1 Å². The molecule has 2 aromatic rings. The Balaban J connectivity index is 1.73. The number of nitrogens with zero attached hydrogens (tertiary/aromatic N) is 1. The molecular formula is C18H18BrN3O3. The zero-order valence-corrected chi connectivity index (χ0v) is 15.2. The van der Waals surface area contributed by atoms with Gasteiger partial charge in [0.2, 0.25) is 11.8 Å². The lowest BCUT2D eigenvalue weighted by molar-refractivity contribution is -0.124. The Morgan fingerprint density at radius 1 is 1.08 bits per heavy atom. The molecule has 25 heavy (non-hydrogen) atoms. The number of ether oxygens (including phenoxy) is 1. The molecule has 7 heteroatoms. The first-order valence-electron chi connectivity index (χ1n) is 7.59. The number of benzene rings is 2. The molecule has 2 aromatic carbocycles. The first-order valence-corrected chi connectivity index (χ1v) is 8.38. The number of hydrogen-bond acceptors (Lipinski definition) is 4.